The van der Waals surface area contributed by atoms with E-state index in [4.69, 9.17) is 16.3 Å². The summed E-state index contributed by atoms with van der Waals surface area (Å²) in [7, 11) is 0. The molecule has 0 bridgehead atoms. The fraction of sp³-hybridized carbons (Fsp3) is 0.278. The zero-order chi connectivity index (χ0) is 18.5. The Bertz CT molecular complexity index is 850. The second kappa shape index (κ2) is 8.53. The fourth-order valence-corrected chi connectivity index (χ4v) is 3.36. The molecule has 8 heteroatoms. The molecule has 0 aliphatic rings. The molecule has 0 fully saturated rings. The van der Waals surface area contributed by atoms with Crippen LogP contribution in [0.15, 0.2) is 47.6 Å². The lowest BCUT2D eigenvalue weighted by molar-refractivity contribution is 0.126. The van der Waals surface area contributed by atoms with Gasteiger partial charge in [-0.2, -0.15) is 4.68 Å². The van der Waals surface area contributed by atoms with Crippen molar-refractivity contribution in [1.82, 2.24) is 20.2 Å². The SMILES string of the molecule is Cc1cc(C)cc(OC[C@H](O)CSc2nnnn2-c2ccc(Cl)cc2)c1. The molecule has 6 nitrogen and oxygen atoms in total. The number of aliphatic hydroxyl groups excluding tert-OH is 1. The number of rotatable bonds is 7. The Labute approximate surface area is 161 Å². The number of nitrogens with zero attached hydrogens (tertiary/aromatic N) is 4. The molecule has 1 N–H and O–H groups in total. The average Bonchev–Trinajstić information content (AvgIpc) is 3.06. The molecular weight excluding hydrogens is 372 g/mol. The van der Waals surface area contributed by atoms with Crippen molar-refractivity contribution in [1.29, 1.82) is 0 Å². The third kappa shape index (κ3) is 4.97. The lowest BCUT2D eigenvalue weighted by Crippen LogP contribution is -2.20. The van der Waals surface area contributed by atoms with Crippen molar-refractivity contribution in [3.63, 3.8) is 0 Å². The van der Waals surface area contributed by atoms with Crippen molar-refractivity contribution in [2.75, 3.05) is 12.4 Å². The number of aryl methyl sites for hydroxylation is 2. The van der Waals surface area contributed by atoms with Crippen molar-refractivity contribution in [2.45, 2.75) is 25.1 Å². The van der Waals surface area contributed by atoms with Gasteiger partial charge in [0.2, 0.25) is 5.16 Å². The molecular formula is C18H19ClN4O2S. The molecule has 0 saturated carbocycles. The average molecular weight is 391 g/mol. The molecule has 1 heterocycles. The van der Waals surface area contributed by atoms with E-state index in [1.165, 1.54) is 11.8 Å². The van der Waals surface area contributed by atoms with Gasteiger partial charge in [-0.3, -0.25) is 0 Å². The van der Waals surface area contributed by atoms with Gasteiger partial charge in [-0.1, -0.05) is 29.4 Å². The molecule has 3 aromatic rings. The smallest absolute Gasteiger partial charge is 0.214 e. The van der Waals surface area contributed by atoms with Crippen LogP contribution in [0.4, 0.5) is 0 Å². The Morgan fingerprint density at radius 3 is 2.54 bits per heavy atom. The van der Waals surface area contributed by atoms with Crippen molar-refractivity contribution in [3.05, 3.63) is 58.6 Å². The van der Waals surface area contributed by atoms with Crippen LogP contribution >= 0.6 is 23.4 Å². The number of ether oxygens (including phenoxy) is 1. The normalized spacial score (nSPS) is 12.2. The maximum Gasteiger partial charge on any atom is 0.214 e. The topological polar surface area (TPSA) is 73.1 Å². The molecule has 1 atom stereocenters. The summed E-state index contributed by atoms with van der Waals surface area (Å²) >= 11 is 7.27. The first kappa shape index (κ1) is 18.7. The first-order valence-corrected chi connectivity index (χ1v) is 9.44. The van der Waals surface area contributed by atoms with Crippen LogP contribution in [-0.4, -0.2) is 43.8 Å². The zero-order valence-electron chi connectivity index (χ0n) is 14.5. The molecule has 0 aliphatic carbocycles. The summed E-state index contributed by atoms with van der Waals surface area (Å²) in [6.45, 7) is 4.24. The van der Waals surface area contributed by atoms with Crippen LogP contribution in [0.25, 0.3) is 5.69 Å². The van der Waals surface area contributed by atoms with E-state index in [1.54, 1.807) is 16.8 Å². The first-order chi connectivity index (χ1) is 12.5. The minimum Gasteiger partial charge on any atom is -0.491 e. The molecule has 136 valence electrons. The van der Waals surface area contributed by atoms with E-state index in [0.717, 1.165) is 22.6 Å². The Kier molecular flexibility index (Phi) is 6.13. The molecule has 0 unspecified atom stereocenters. The summed E-state index contributed by atoms with van der Waals surface area (Å²) in [5.74, 6) is 1.18. The lowest BCUT2D eigenvalue weighted by Gasteiger charge is -2.13. The van der Waals surface area contributed by atoms with Crippen LogP contribution in [0.2, 0.25) is 5.02 Å². The van der Waals surface area contributed by atoms with Gasteiger partial charge < -0.3 is 9.84 Å². The highest BCUT2D eigenvalue weighted by Crippen LogP contribution is 2.21. The van der Waals surface area contributed by atoms with Gasteiger partial charge in [-0.15, -0.1) is 5.10 Å². The Morgan fingerprint density at radius 1 is 1.15 bits per heavy atom. The summed E-state index contributed by atoms with van der Waals surface area (Å²) in [5, 5.41) is 23.2. The Balaban J connectivity index is 1.56. The minimum absolute atomic E-state index is 0.207. The van der Waals surface area contributed by atoms with Crippen molar-refractivity contribution in [2.24, 2.45) is 0 Å². The third-order valence-electron chi connectivity index (χ3n) is 3.55. The van der Waals surface area contributed by atoms with E-state index in [0.29, 0.717) is 15.9 Å². The number of hydrogen-bond donors (Lipinski definition) is 1. The van der Waals surface area contributed by atoms with Crippen LogP contribution in [0, 0.1) is 13.8 Å². The van der Waals surface area contributed by atoms with Crippen LogP contribution in [-0.2, 0) is 0 Å². The van der Waals surface area contributed by atoms with E-state index in [1.807, 2.05) is 38.1 Å². The van der Waals surface area contributed by atoms with E-state index in [2.05, 4.69) is 21.6 Å². The second-order valence-electron chi connectivity index (χ2n) is 5.95. The molecule has 0 radical (unpaired) electrons. The van der Waals surface area contributed by atoms with Gasteiger partial charge in [0.1, 0.15) is 12.4 Å². The quantitative estimate of drug-likeness (QED) is 0.623. The largest absolute Gasteiger partial charge is 0.491 e. The molecule has 0 aliphatic heterocycles. The fourth-order valence-electron chi connectivity index (χ4n) is 2.44. The van der Waals surface area contributed by atoms with Crippen LogP contribution in [0.5, 0.6) is 5.75 Å². The molecule has 1 aromatic heterocycles. The van der Waals surface area contributed by atoms with E-state index in [9.17, 15) is 5.11 Å². The Hall–Kier alpha value is -2.09. The van der Waals surface area contributed by atoms with Crippen molar-refractivity contribution >= 4 is 23.4 Å². The highest BCUT2D eigenvalue weighted by Gasteiger charge is 2.13. The molecule has 0 spiro atoms. The molecule has 26 heavy (non-hydrogen) atoms. The monoisotopic (exact) mass is 390 g/mol. The van der Waals surface area contributed by atoms with Gasteiger partial charge in [0.25, 0.3) is 0 Å². The minimum atomic E-state index is -0.642. The third-order valence-corrected chi connectivity index (χ3v) is 4.87. The highest BCUT2D eigenvalue weighted by atomic mass is 35.5. The van der Waals surface area contributed by atoms with Gasteiger partial charge in [-0.25, -0.2) is 0 Å². The van der Waals surface area contributed by atoms with Crippen molar-refractivity contribution < 1.29 is 9.84 Å². The van der Waals surface area contributed by atoms with E-state index >= 15 is 0 Å². The van der Waals surface area contributed by atoms with Gasteiger partial charge in [0.05, 0.1) is 11.8 Å². The maximum absolute atomic E-state index is 10.2. The summed E-state index contributed by atoms with van der Waals surface area (Å²) in [6.07, 6.45) is -0.642. The van der Waals surface area contributed by atoms with Gasteiger partial charge >= 0.3 is 0 Å². The lowest BCUT2D eigenvalue weighted by atomic mass is 10.1. The number of aliphatic hydroxyl groups is 1. The van der Waals surface area contributed by atoms with Crippen LogP contribution in [0.1, 0.15) is 11.1 Å². The predicted octanol–water partition coefficient (Wildman–Crippen LogP) is 3.46. The molecule has 3 rings (SSSR count). The number of thioether (sulfide) groups is 1. The van der Waals surface area contributed by atoms with Crippen LogP contribution in [0.3, 0.4) is 0 Å². The predicted molar refractivity (Wildman–Crippen MR) is 102 cm³/mol. The van der Waals surface area contributed by atoms with E-state index in [-0.39, 0.29) is 6.61 Å². The van der Waals surface area contributed by atoms with Gasteiger partial charge in [0, 0.05) is 10.8 Å². The maximum atomic E-state index is 10.2. The van der Waals surface area contributed by atoms with Gasteiger partial charge in [-0.05, 0) is 71.8 Å². The second-order valence-corrected chi connectivity index (χ2v) is 7.37. The van der Waals surface area contributed by atoms with Gasteiger partial charge in [0.15, 0.2) is 0 Å². The highest BCUT2D eigenvalue weighted by molar-refractivity contribution is 7.99. The molecule has 2 aromatic carbocycles. The number of aromatic nitrogens is 4. The summed E-state index contributed by atoms with van der Waals surface area (Å²) in [6, 6.07) is 13.2. The molecule has 0 saturated heterocycles. The zero-order valence-corrected chi connectivity index (χ0v) is 16.0. The van der Waals surface area contributed by atoms with Crippen LogP contribution < -0.4 is 4.74 Å². The number of hydrogen-bond acceptors (Lipinski definition) is 6. The Morgan fingerprint density at radius 2 is 1.85 bits per heavy atom. The van der Waals surface area contributed by atoms with E-state index < -0.39 is 6.10 Å². The summed E-state index contributed by atoms with van der Waals surface area (Å²) in [5.41, 5.74) is 3.07. The summed E-state index contributed by atoms with van der Waals surface area (Å²) < 4.78 is 7.30. The molecule has 0 amide bonds. The number of halogens is 1. The first-order valence-electron chi connectivity index (χ1n) is 8.07. The standard InChI is InChI=1S/C18H19ClN4O2S/c1-12-7-13(2)9-17(8-12)25-10-16(24)11-26-18-20-21-22-23(18)15-5-3-14(19)4-6-15/h3-9,16,24H,10-11H2,1-2H3/t16-/m0/s1. The number of benzene rings is 2. The summed E-state index contributed by atoms with van der Waals surface area (Å²) in [4.78, 5) is 0. The van der Waals surface area contributed by atoms with Crippen molar-refractivity contribution in [3.8, 4) is 11.4 Å². The number of tetrazole rings is 1.